The second-order valence-corrected chi connectivity index (χ2v) is 3.97. The van der Waals surface area contributed by atoms with Crippen LogP contribution < -0.4 is 0 Å². The molecule has 0 saturated carbocycles. The van der Waals surface area contributed by atoms with Gasteiger partial charge in [0.05, 0.1) is 11.3 Å². The van der Waals surface area contributed by atoms with E-state index in [1.54, 1.807) is 19.2 Å². The predicted molar refractivity (Wildman–Crippen MR) is 64.5 cm³/mol. The summed E-state index contributed by atoms with van der Waals surface area (Å²) in [6.45, 7) is 3.62. The van der Waals surface area contributed by atoms with Gasteiger partial charge in [0.2, 0.25) is 0 Å². The molecule has 2 aromatic rings. The van der Waals surface area contributed by atoms with Gasteiger partial charge in [-0.25, -0.2) is 9.97 Å². The van der Waals surface area contributed by atoms with E-state index in [1.807, 2.05) is 13.0 Å². The molecule has 0 saturated heterocycles. The highest BCUT2D eigenvalue weighted by molar-refractivity contribution is 6.30. The lowest BCUT2D eigenvalue weighted by molar-refractivity contribution is 1.04. The van der Waals surface area contributed by atoms with Gasteiger partial charge in [0.15, 0.2) is 0 Å². The summed E-state index contributed by atoms with van der Waals surface area (Å²) in [7, 11) is 0. The molecule has 2 aromatic heterocycles. The molecule has 2 heterocycles. The van der Waals surface area contributed by atoms with E-state index in [2.05, 4.69) is 15.0 Å². The summed E-state index contributed by atoms with van der Waals surface area (Å²) in [5.41, 5.74) is 2.77. The highest BCUT2D eigenvalue weighted by Crippen LogP contribution is 2.25. The van der Waals surface area contributed by atoms with E-state index in [1.165, 1.54) is 6.20 Å². The van der Waals surface area contributed by atoms with Crippen LogP contribution in [0.25, 0.3) is 11.3 Å². The van der Waals surface area contributed by atoms with Crippen LogP contribution in [-0.4, -0.2) is 15.0 Å². The molecule has 2 rings (SSSR count). The number of nitrogens with zero attached hydrogens (tertiary/aromatic N) is 4. The van der Waals surface area contributed by atoms with Gasteiger partial charge in [-0.1, -0.05) is 11.6 Å². The molecular weight excluding hydrogens is 236 g/mol. The van der Waals surface area contributed by atoms with Crippen molar-refractivity contribution in [2.75, 3.05) is 0 Å². The normalized spacial score (nSPS) is 10.0. The van der Waals surface area contributed by atoms with Crippen molar-refractivity contribution in [3.8, 4) is 17.3 Å². The lowest BCUT2D eigenvalue weighted by Crippen LogP contribution is -1.97. The zero-order valence-corrected chi connectivity index (χ0v) is 10.2. The first kappa shape index (κ1) is 11.5. The number of pyridine rings is 1. The van der Waals surface area contributed by atoms with Crippen LogP contribution in [0.5, 0.6) is 0 Å². The van der Waals surface area contributed by atoms with Gasteiger partial charge in [-0.15, -0.1) is 0 Å². The van der Waals surface area contributed by atoms with Crippen molar-refractivity contribution in [1.82, 2.24) is 15.0 Å². The predicted octanol–water partition coefficient (Wildman–Crippen LogP) is 2.68. The molecule has 4 nitrogen and oxygen atoms in total. The number of aromatic nitrogens is 3. The Labute approximate surface area is 104 Å². The first-order valence-corrected chi connectivity index (χ1v) is 5.36. The highest BCUT2D eigenvalue weighted by Gasteiger charge is 2.10. The summed E-state index contributed by atoms with van der Waals surface area (Å²) in [4.78, 5) is 12.4. The summed E-state index contributed by atoms with van der Waals surface area (Å²) >= 11 is 6.01. The third kappa shape index (κ3) is 2.24. The molecule has 0 aromatic carbocycles. The van der Waals surface area contributed by atoms with Crippen LogP contribution in [-0.2, 0) is 0 Å². The first-order chi connectivity index (χ1) is 8.11. The fourth-order valence-electron chi connectivity index (χ4n) is 1.51. The van der Waals surface area contributed by atoms with E-state index >= 15 is 0 Å². The van der Waals surface area contributed by atoms with Crippen molar-refractivity contribution in [2.45, 2.75) is 13.8 Å². The van der Waals surface area contributed by atoms with Crippen molar-refractivity contribution in [3.63, 3.8) is 0 Å². The molecule has 0 amide bonds. The largest absolute Gasteiger partial charge is 0.263 e. The summed E-state index contributed by atoms with van der Waals surface area (Å²) < 4.78 is 0. The minimum absolute atomic E-state index is 0.426. The molecular formula is C12H9ClN4. The van der Waals surface area contributed by atoms with Crippen molar-refractivity contribution < 1.29 is 0 Å². The maximum atomic E-state index is 8.84. The number of nitriles is 1. The van der Waals surface area contributed by atoms with Crippen molar-refractivity contribution in [1.29, 1.82) is 5.26 Å². The van der Waals surface area contributed by atoms with Crippen LogP contribution in [0.4, 0.5) is 0 Å². The van der Waals surface area contributed by atoms with E-state index in [9.17, 15) is 0 Å². The van der Waals surface area contributed by atoms with Gasteiger partial charge in [0, 0.05) is 23.5 Å². The summed E-state index contributed by atoms with van der Waals surface area (Å²) in [5, 5.41) is 9.26. The fraction of sp³-hybridized carbons (Fsp3) is 0.167. The SMILES string of the molecule is Cc1nc(Cl)c(C)c(-c2cncc(C#N)c2)n1. The third-order valence-electron chi connectivity index (χ3n) is 2.34. The van der Waals surface area contributed by atoms with Gasteiger partial charge in [-0.05, 0) is 19.9 Å². The van der Waals surface area contributed by atoms with E-state index in [0.29, 0.717) is 22.2 Å². The lowest BCUT2D eigenvalue weighted by atomic mass is 10.1. The van der Waals surface area contributed by atoms with Gasteiger partial charge in [0.25, 0.3) is 0 Å². The molecule has 0 spiro atoms. The Kier molecular flexibility index (Phi) is 3.03. The molecule has 0 bridgehead atoms. The van der Waals surface area contributed by atoms with Crippen LogP contribution in [0.2, 0.25) is 5.15 Å². The van der Waals surface area contributed by atoms with Crippen LogP contribution >= 0.6 is 11.6 Å². The van der Waals surface area contributed by atoms with Crippen LogP contribution in [0.3, 0.4) is 0 Å². The average molecular weight is 245 g/mol. The highest BCUT2D eigenvalue weighted by atomic mass is 35.5. The minimum atomic E-state index is 0.426. The molecule has 0 N–H and O–H groups in total. The molecule has 0 fully saturated rings. The van der Waals surface area contributed by atoms with Gasteiger partial charge < -0.3 is 0 Å². The molecule has 0 radical (unpaired) electrons. The Morgan fingerprint density at radius 1 is 1.24 bits per heavy atom. The van der Waals surface area contributed by atoms with Gasteiger partial charge >= 0.3 is 0 Å². The summed E-state index contributed by atoms with van der Waals surface area (Å²) in [6.07, 6.45) is 3.17. The quantitative estimate of drug-likeness (QED) is 0.724. The van der Waals surface area contributed by atoms with E-state index in [4.69, 9.17) is 16.9 Å². The maximum absolute atomic E-state index is 8.84. The van der Waals surface area contributed by atoms with Crippen molar-refractivity contribution in [3.05, 3.63) is 40.6 Å². The van der Waals surface area contributed by atoms with E-state index < -0.39 is 0 Å². The standard InChI is InChI=1S/C12H9ClN4/c1-7-11(16-8(2)17-12(7)13)10-3-9(4-14)5-15-6-10/h3,5-6H,1-2H3. The monoisotopic (exact) mass is 244 g/mol. The summed E-state index contributed by atoms with van der Waals surface area (Å²) in [6, 6.07) is 3.78. The zero-order valence-electron chi connectivity index (χ0n) is 9.40. The van der Waals surface area contributed by atoms with Crippen LogP contribution in [0.1, 0.15) is 17.0 Å². The molecule has 0 atom stereocenters. The molecule has 17 heavy (non-hydrogen) atoms. The Hall–Kier alpha value is -1.99. The fourth-order valence-corrected chi connectivity index (χ4v) is 1.72. The Morgan fingerprint density at radius 3 is 2.71 bits per heavy atom. The molecule has 84 valence electrons. The van der Waals surface area contributed by atoms with Crippen molar-refractivity contribution in [2.24, 2.45) is 0 Å². The van der Waals surface area contributed by atoms with E-state index in [0.717, 1.165) is 11.1 Å². The molecule has 0 unspecified atom stereocenters. The van der Waals surface area contributed by atoms with E-state index in [-0.39, 0.29) is 0 Å². The lowest BCUT2D eigenvalue weighted by Gasteiger charge is -2.07. The van der Waals surface area contributed by atoms with Gasteiger partial charge in [-0.2, -0.15) is 5.26 Å². The maximum Gasteiger partial charge on any atom is 0.136 e. The van der Waals surface area contributed by atoms with Gasteiger partial charge in [0.1, 0.15) is 17.0 Å². The number of hydrogen-bond donors (Lipinski definition) is 0. The van der Waals surface area contributed by atoms with Gasteiger partial charge in [-0.3, -0.25) is 4.98 Å². The zero-order chi connectivity index (χ0) is 12.4. The third-order valence-corrected chi connectivity index (χ3v) is 2.71. The topological polar surface area (TPSA) is 62.5 Å². The Bertz CT molecular complexity index is 616. The smallest absolute Gasteiger partial charge is 0.136 e. The first-order valence-electron chi connectivity index (χ1n) is 4.98. The Morgan fingerprint density at radius 2 is 2.00 bits per heavy atom. The summed E-state index contributed by atoms with van der Waals surface area (Å²) in [5.74, 6) is 0.595. The van der Waals surface area contributed by atoms with Crippen molar-refractivity contribution >= 4 is 11.6 Å². The van der Waals surface area contributed by atoms with Crippen LogP contribution in [0.15, 0.2) is 18.5 Å². The number of halogens is 1. The molecule has 0 aliphatic rings. The molecule has 0 aliphatic heterocycles. The number of hydrogen-bond acceptors (Lipinski definition) is 4. The van der Waals surface area contributed by atoms with Crippen LogP contribution in [0, 0.1) is 25.2 Å². The number of aryl methyl sites for hydroxylation is 1. The second kappa shape index (κ2) is 4.48. The second-order valence-electron chi connectivity index (χ2n) is 3.61. The average Bonchev–Trinajstić information content (AvgIpc) is 2.34. The minimum Gasteiger partial charge on any atom is -0.263 e. The molecule has 0 aliphatic carbocycles. The number of rotatable bonds is 1. The Balaban J connectivity index is 2.64. The molecule has 5 heteroatoms.